The predicted octanol–water partition coefficient (Wildman–Crippen LogP) is 4.01. The average molecular weight is 373 g/mol. The Kier molecular flexibility index (Phi) is 6.64. The van der Waals surface area contributed by atoms with Crippen LogP contribution in [0.1, 0.15) is 77.0 Å². The fourth-order valence-electron chi connectivity index (χ4n) is 4.58. The maximum Gasteiger partial charge on any atom is 0.231 e. The molecule has 0 atom stereocenters. The molecule has 6 nitrogen and oxygen atoms in total. The first-order valence-electron chi connectivity index (χ1n) is 11.4. The van der Waals surface area contributed by atoms with Crippen molar-refractivity contribution in [1.29, 1.82) is 0 Å². The summed E-state index contributed by atoms with van der Waals surface area (Å²) in [6.45, 7) is 6.52. The molecule has 0 saturated carbocycles. The molecule has 27 heavy (non-hydrogen) atoms. The molecule has 3 saturated heterocycles. The second kappa shape index (κ2) is 9.56. The minimum atomic E-state index is 0.922. The predicted molar refractivity (Wildman–Crippen MR) is 112 cm³/mol. The van der Waals surface area contributed by atoms with E-state index in [9.17, 15) is 0 Å². The van der Waals surface area contributed by atoms with Crippen molar-refractivity contribution in [2.45, 2.75) is 77.0 Å². The molecule has 0 aromatic carbocycles. The lowest BCUT2D eigenvalue weighted by atomic mass is 10.2. The van der Waals surface area contributed by atoms with Gasteiger partial charge >= 0.3 is 0 Å². The van der Waals surface area contributed by atoms with Crippen LogP contribution in [0.3, 0.4) is 0 Å². The molecule has 0 aliphatic carbocycles. The molecule has 6 heteroatoms. The third kappa shape index (κ3) is 5.02. The van der Waals surface area contributed by atoms with Crippen LogP contribution in [-0.2, 0) is 0 Å². The van der Waals surface area contributed by atoms with Crippen molar-refractivity contribution in [3.8, 4) is 0 Å². The number of hydrogen-bond donors (Lipinski definition) is 0. The summed E-state index contributed by atoms with van der Waals surface area (Å²) in [5, 5.41) is 0. The fraction of sp³-hybridized carbons (Fsp3) is 0.857. The fourth-order valence-corrected chi connectivity index (χ4v) is 4.58. The Hall–Kier alpha value is -1.59. The molecule has 4 rings (SSSR count). The first kappa shape index (κ1) is 18.8. The summed E-state index contributed by atoms with van der Waals surface area (Å²) >= 11 is 0. The van der Waals surface area contributed by atoms with Crippen LogP contribution in [0, 0.1) is 0 Å². The van der Waals surface area contributed by atoms with Gasteiger partial charge in [0.15, 0.2) is 0 Å². The highest BCUT2D eigenvalue weighted by Gasteiger charge is 2.22. The second-order valence-electron chi connectivity index (χ2n) is 8.44. The van der Waals surface area contributed by atoms with Crippen LogP contribution in [0.15, 0.2) is 0 Å². The molecule has 3 aliphatic heterocycles. The van der Waals surface area contributed by atoms with E-state index in [2.05, 4.69) is 14.7 Å². The zero-order valence-corrected chi connectivity index (χ0v) is 16.9. The molecule has 4 heterocycles. The van der Waals surface area contributed by atoms with Crippen LogP contribution in [0.4, 0.5) is 17.8 Å². The van der Waals surface area contributed by atoms with Crippen molar-refractivity contribution in [1.82, 2.24) is 15.0 Å². The summed E-state index contributed by atoms with van der Waals surface area (Å²) in [5.74, 6) is 2.76. The van der Waals surface area contributed by atoms with E-state index >= 15 is 0 Å². The van der Waals surface area contributed by atoms with E-state index in [1.54, 1.807) is 0 Å². The van der Waals surface area contributed by atoms with Crippen molar-refractivity contribution in [2.75, 3.05) is 54.0 Å². The Bertz CT molecular complexity index is 475. The van der Waals surface area contributed by atoms with E-state index in [1.807, 2.05) is 0 Å². The van der Waals surface area contributed by atoms with Gasteiger partial charge < -0.3 is 14.7 Å². The Morgan fingerprint density at radius 3 is 0.778 bits per heavy atom. The highest BCUT2D eigenvalue weighted by Crippen LogP contribution is 2.25. The normalized spacial score (nSPS) is 22.9. The highest BCUT2D eigenvalue weighted by molar-refractivity contribution is 5.47. The number of nitrogens with zero attached hydrogens (tertiary/aromatic N) is 6. The molecule has 0 bridgehead atoms. The third-order valence-electron chi connectivity index (χ3n) is 6.27. The van der Waals surface area contributed by atoms with Crippen LogP contribution >= 0.6 is 0 Å². The molecule has 1 aromatic rings. The van der Waals surface area contributed by atoms with Crippen LogP contribution in [0.2, 0.25) is 0 Å². The smallest absolute Gasteiger partial charge is 0.231 e. The number of anilines is 3. The maximum absolute atomic E-state index is 4.99. The van der Waals surface area contributed by atoms with Crippen LogP contribution in [0.5, 0.6) is 0 Å². The van der Waals surface area contributed by atoms with Gasteiger partial charge in [0.2, 0.25) is 17.8 Å². The van der Waals surface area contributed by atoms with Gasteiger partial charge in [0.1, 0.15) is 0 Å². The summed E-state index contributed by atoms with van der Waals surface area (Å²) in [5.41, 5.74) is 0. The van der Waals surface area contributed by atoms with Crippen molar-refractivity contribution >= 4 is 17.8 Å². The molecule has 1 aromatic heterocycles. The minimum absolute atomic E-state index is 0.922. The van der Waals surface area contributed by atoms with Gasteiger partial charge in [-0.2, -0.15) is 15.0 Å². The third-order valence-corrected chi connectivity index (χ3v) is 6.27. The SMILES string of the molecule is C1CCCN(c2nc(N3CCCCCC3)nc(N3CCCCCC3)n2)CC1. The molecule has 150 valence electrons. The molecule has 0 radical (unpaired) electrons. The molecule has 3 fully saturated rings. The summed E-state index contributed by atoms with van der Waals surface area (Å²) in [6.07, 6.45) is 15.5. The quantitative estimate of drug-likeness (QED) is 0.799. The van der Waals surface area contributed by atoms with Crippen molar-refractivity contribution < 1.29 is 0 Å². The molecule has 0 unspecified atom stereocenters. The number of hydrogen-bond acceptors (Lipinski definition) is 6. The molecular formula is C21H36N6. The Labute approximate surface area is 164 Å². The van der Waals surface area contributed by atoms with E-state index in [0.29, 0.717) is 0 Å². The molecule has 3 aliphatic rings. The van der Waals surface area contributed by atoms with Crippen molar-refractivity contribution in [3.63, 3.8) is 0 Å². The molecule has 0 N–H and O–H groups in total. The average Bonchev–Trinajstić information content (AvgIpc) is 3.23. The topological polar surface area (TPSA) is 48.4 Å². The van der Waals surface area contributed by atoms with E-state index in [4.69, 9.17) is 15.0 Å². The van der Waals surface area contributed by atoms with Gasteiger partial charge in [0.25, 0.3) is 0 Å². The second-order valence-corrected chi connectivity index (χ2v) is 8.44. The van der Waals surface area contributed by atoms with E-state index in [0.717, 1.165) is 57.1 Å². The highest BCUT2D eigenvalue weighted by atomic mass is 15.4. The van der Waals surface area contributed by atoms with Crippen LogP contribution < -0.4 is 14.7 Å². The minimum Gasteiger partial charge on any atom is -0.341 e. The van der Waals surface area contributed by atoms with Gasteiger partial charge in [-0.15, -0.1) is 0 Å². The van der Waals surface area contributed by atoms with Crippen molar-refractivity contribution in [2.24, 2.45) is 0 Å². The van der Waals surface area contributed by atoms with E-state index in [1.165, 1.54) is 77.0 Å². The van der Waals surface area contributed by atoms with Gasteiger partial charge in [-0.3, -0.25) is 0 Å². The number of aromatic nitrogens is 3. The monoisotopic (exact) mass is 372 g/mol. The summed E-state index contributed by atoms with van der Waals surface area (Å²) in [4.78, 5) is 22.2. The largest absolute Gasteiger partial charge is 0.341 e. The van der Waals surface area contributed by atoms with Gasteiger partial charge in [-0.25, -0.2) is 0 Å². The molecule has 0 spiro atoms. The summed E-state index contributed by atoms with van der Waals surface area (Å²) < 4.78 is 0. The lowest BCUT2D eigenvalue weighted by Gasteiger charge is -2.27. The van der Waals surface area contributed by atoms with Crippen LogP contribution in [-0.4, -0.2) is 54.2 Å². The van der Waals surface area contributed by atoms with E-state index in [-0.39, 0.29) is 0 Å². The maximum atomic E-state index is 4.99. The molecule has 0 amide bonds. The lowest BCUT2D eigenvalue weighted by molar-refractivity contribution is 0.707. The summed E-state index contributed by atoms with van der Waals surface area (Å²) in [7, 11) is 0. The summed E-state index contributed by atoms with van der Waals surface area (Å²) in [6, 6.07) is 0. The van der Waals surface area contributed by atoms with E-state index < -0.39 is 0 Å². The zero-order valence-electron chi connectivity index (χ0n) is 16.9. The number of rotatable bonds is 3. The van der Waals surface area contributed by atoms with Gasteiger partial charge in [-0.1, -0.05) is 38.5 Å². The standard InChI is InChI=1S/C21H36N6/c1-2-8-14-25(13-7-1)19-22-20(26-15-9-3-4-10-16-26)24-21(23-19)27-17-11-5-6-12-18-27/h1-18H2. The Morgan fingerprint density at radius 2 is 0.556 bits per heavy atom. The first-order chi connectivity index (χ1) is 13.4. The zero-order chi connectivity index (χ0) is 18.3. The Balaban J connectivity index is 1.63. The lowest BCUT2D eigenvalue weighted by Crippen LogP contribution is -2.33. The Morgan fingerprint density at radius 1 is 0.333 bits per heavy atom. The van der Waals surface area contributed by atoms with Gasteiger partial charge in [-0.05, 0) is 38.5 Å². The van der Waals surface area contributed by atoms with Gasteiger partial charge in [0, 0.05) is 39.3 Å². The van der Waals surface area contributed by atoms with Crippen molar-refractivity contribution in [3.05, 3.63) is 0 Å². The first-order valence-corrected chi connectivity index (χ1v) is 11.4. The molecular weight excluding hydrogens is 336 g/mol. The van der Waals surface area contributed by atoms with Gasteiger partial charge in [0.05, 0.1) is 0 Å². The van der Waals surface area contributed by atoms with Crippen LogP contribution in [0.25, 0.3) is 0 Å².